The van der Waals surface area contributed by atoms with Gasteiger partial charge in [0.2, 0.25) is 5.91 Å². The first-order valence-electron chi connectivity index (χ1n) is 6.86. The molecule has 0 spiro atoms. The van der Waals surface area contributed by atoms with Crippen molar-refractivity contribution in [2.75, 3.05) is 19.9 Å². The number of benzene rings is 2. The molecule has 0 aliphatic carbocycles. The lowest BCUT2D eigenvalue weighted by Crippen LogP contribution is -2.21. The van der Waals surface area contributed by atoms with E-state index in [1.54, 1.807) is 19.2 Å². The number of nitrogens with two attached hydrogens (primary N) is 1. The summed E-state index contributed by atoms with van der Waals surface area (Å²) in [5.74, 6) is -0.403. The summed E-state index contributed by atoms with van der Waals surface area (Å²) >= 11 is 0. The number of para-hydroxylation sites is 1. The zero-order valence-corrected chi connectivity index (χ0v) is 12.8. The first kappa shape index (κ1) is 17.7. The Morgan fingerprint density at radius 3 is 2.18 bits per heavy atom. The summed E-state index contributed by atoms with van der Waals surface area (Å²) in [7, 11) is 3.09. The van der Waals surface area contributed by atoms with Gasteiger partial charge >= 0.3 is 0 Å². The van der Waals surface area contributed by atoms with Gasteiger partial charge in [-0.1, -0.05) is 30.3 Å². The van der Waals surface area contributed by atoms with E-state index in [4.69, 9.17) is 10.5 Å². The molecule has 118 valence electrons. The first-order chi connectivity index (χ1) is 10.6. The summed E-state index contributed by atoms with van der Waals surface area (Å²) in [6.45, 7) is 0. The fraction of sp³-hybridized carbons (Fsp3) is 0.235. The third kappa shape index (κ3) is 6.37. The minimum Gasteiger partial charge on any atom is -0.399 e. The van der Waals surface area contributed by atoms with Gasteiger partial charge < -0.3 is 15.8 Å². The molecule has 4 nitrogen and oxygen atoms in total. The minimum atomic E-state index is -0.328. The van der Waals surface area contributed by atoms with Crippen molar-refractivity contribution in [3.63, 3.8) is 0 Å². The molecule has 0 radical (unpaired) electrons. The van der Waals surface area contributed by atoms with Crippen LogP contribution in [-0.4, -0.2) is 20.1 Å². The van der Waals surface area contributed by atoms with Gasteiger partial charge in [0.25, 0.3) is 0 Å². The highest BCUT2D eigenvalue weighted by Gasteiger charge is 2.14. The summed E-state index contributed by atoms with van der Waals surface area (Å²) in [5, 5.41) is 2.52. The number of nitrogens with one attached hydrogen (secondary N) is 1. The maximum absolute atomic E-state index is 12.7. The van der Waals surface area contributed by atoms with Gasteiger partial charge in [-0.25, -0.2) is 4.39 Å². The lowest BCUT2D eigenvalue weighted by molar-refractivity contribution is -0.123. The van der Waals surface area contributed by atoms with E-state index in [-0.39, 0.29) is 24.2 Å². The van der Waals surface area contributed by atoms with Crippen LogP contribution in [0.4, 0.5) is 10.1 Å². The lowest BCUT2D eigenvalue weighted by Gasteiger charge is -2.14. The van der Waals surface area contributed by atoms with Crippen molar-refractivity contribution in [1.82, 2.24) is 5.32 Å². The predicted octanol–water partition coefficient (Wildman–Crippen LogP) is 2.92. The third-order valence-electron chi connectivity index (χ3n) is 2.98. The Balaban J connectivity index is 0.000000287. The predicted molar refractivity (Wildman–Crippen MR) is 85.7 cm³/mol. The second-order valence-corrected chi connectivity index (χ2v) is 4.56. The van der Waals surface area contributed by atoms with E-state index in [1.807, 2.05) is 30.3 Å². The molecule has 5 heteroatoms. The smallest absolute Gasteiger partial charge is 0.222 e. The standard InChI is InChI=1S/C11H14FNO2.C6H7N/c1-13-11(14)7-10(15-2)8-3-5-9(12)6-4-8;7-6-4-2-1-3-5-6/h3-6,10H,7H2,1-2H3,(H,13,14);1-5H,7H2. The number of halogens is 1. The average Bonchev–Trinajstić information content (AvgIpc) is 2.54. The number of methoxy groups -OCH3 is 1. The number of rotatable bonds is 4. The maximum Gasteiger partial charge on any atom is 0.222 e. The Morgan fingerprint density at radius 1 is 1.18 bits per heavy atom. The van der Waals surface area contributed by atoms with E-state index in [2.05, 4.69) is 5.32 Å². The molecule has 2 aromatic rings. The number of hydrogen-bond donors (Lipinski definition) is 2. The van der Waals surface area contributed by atoms with Crippen molar-refractivity contribution < 1.29 is 13.9 Å². The normalized spacial score (nSPS) is 11.0. The second-order valence-electron chi connectivity index (χ2n) is 4.56. The molecule has 0 bridgehead atoms. The highest BCUT2D eigenvalue weighted by atomic mass is 19.1. The zero-order valence-electron chi connectivity index (χ0n) is 12.8. The van der Waals surface area contributed by atoms with Crippen LogP contribution in [0.3, 0.4) is 0 Å². The van der Waals surface area contributed by atoms with Gasteiger partial charge in [-0.3, -0.25) is 4.79 Å². The SMILES string of the molecule is CNC(=O)CC(OC)c1ccc(F)cc1.Nc1ccccc1. The molecule has 0 heterocycles. The van der Waals surface area contributed by atoms with Crippen LogP contribution in [0.15, 0.2) is 54.6 Å². The van der Waals surface area contributed by atoms with Crippen molar-refractivity contribution in [2.45, 2.75) is 12.5 Å². The monoisotopic (exact) mass is 304 g/mol. The van der Waals surface area contributed by atoms with Gasteiger partial charge in [-0.2, -0.15) is 0 Å². The van der Waals surface area contributed by atoms with Crippen molar-refractivity contribution in [2.24, 2.45) is 0 Å². The van der Waals surface area contributed by atoms with E-state index < -0.39 is 0 Å². The highest BCUT2D eigenvalue weighted by Crippen LogP contribution is 2.20. The average molecular weight is 304 g/mol. The van der Waals surface area contributed by atoms with Crippen LogP contribution in [0.2, 0.25) is 0 Å². The molecule has 0 fully saturated rings. The van der Waals surface area contributed by atoms with Gasteiger partial charge in [0.05, 0.1) is 12.5 Å². The maximum atomic E-state index is 12.7. The van der Waals surface area contributed by atoms with E-state index in [0.29, 0.717) is 0 Å². The molecule has 2 rings (SSSR count). The summed E-state index contributed by atoms with van der Waals surface area (Å²) < 4.78 is 17.8. The molecular weight excluding hydrogens is 283 g/mol. The van der Waals surface area contributed by atoms with E-state index in [1.165, 1.54) is 19.2 Å². The van der Waals surface area contributed by atoms with Crippen LogP contribution in [0.5, 0.6) is 0 Å². The molecular formula is C17H21FN2O2. The fourth-order valence-corrected chi connectivity index (χ4v) is 1.74. The molecule has 3 N–H and O–H groups in total. The molecule has 1 amide bonds. The van der Waals surface area contributed by atoms with Gasteiger partial charge in [-0.15, -0.1) is 0 Å². The van der Waals surface area contributed by atoms with Crippen LogP contribution in [0.25, 0.3) is 0 Å². The Hall–Kier alpha value is -2.40. The molecule has 0 aliphatic rings. The van der Waals surface area contributed by atoms with Gasteiger partial charge in [0, 0.05) is 19.8 Å². The van der Waals surface area contributed by atoms with Crippen LogP contribution < -0.4 is 11.1 Å². The molecule has 0 saturated heterocycles. The van der Waals surface area contributed by atoms with Gasteiger partial charge in [0.15, 0.2) is 0 Å². The number of anilines is 1. The van der Waals surface area contributed by atoms with Crippen LogP contribution >= 0.6 is 0 Å². The molecule has 2 aromatic carbocycles. The minimum absolute atomic E-state index is 0.105. The third-order valence-corrected chi connectivity index (χ3v) is 2.98. The van der Waals surface area contributed by atoms with E-state index in [9.17, 15) is 9.18 Å². The van der Waals surface area contributed by atoms with Crippen LogP contribution in [-0.2, 0) is 9.53 Å². The number of ether oxygens (including phenoxy) is 1. The summed E-state index contributed by atoms with van der Waals surface area (Å²) in [6.07, 6.45) is -0.0934. The first-order valence-corrected chi connectivity index (χ1v) is 6.86. The van der Waals surface area contributed by atoms with Gasteiger partial charge in [-0.05, 0) is 29.8 Å². The Morgan fingerprint density at radius 2 is 1.77 bits per heavy atom. The Kier molecular flexibility index (Phi) is 7.64. The summed E-state index contributed by atoms with van der Waals surface area (Å²) in [5.41, 5.74) is 6.97. The molecule has 1 unspecified atom stereocenters. The van der Waals surface area contributed by atoms with Crippen molar-refractivity contribution in [3.05, 3.63) is 66.0 Å². The van der Waals surface area contributed by atoms with E-state index >= 15 is 0 Å². The second kappa shape index (κ2) is 9.52. The Bertz CT molecular complexity index is 559. The molecule has 22 heavy (non-hydrogen) atoms. The zero-order chi connectivity index (χ0) is 16.4. The quantitative estimate of drug-likeness (QED) is 0.854. The number of hydrogen-bond acceptors (Lipinski definition) is 3. The van der Waals surface area contributed by atoms with Gasteiger partial charge in [0.1, 0.15) is 5.82 Å². The van der Waals surface area contributed by atoms with Crippen LogP contribution in [0.1, 0.15) is 18.1 Å². The number of nitrogen functional groups attached to an aromatic ring is 1. The Labute approximate surface area is 130 Å². The van der Waals surface area contributed by atoms with Crippen molar-refractivity contribution in [3.8, 4) is 0 Å². The topological polar surface area (TPSA) is 64.3 Å². The van der Waals surface area contributed by atoms with Crippen molar-refractivity contribution in [1.29, 1.82) is 0 Å². The number of carbonyl (C=O) groups is 1. The molecule has 0 aliphatic heterocycles. The number of carbonyl (C=O) groups excluding carboxylic acids is 1. The molecule has 0 aromatic heterocycles. The summed E-state index contributed by atoms with van der Waals surface area (Å²) in [6, 6.07) is 15.4. The van der Waals surface area contributed by atoms with Crippen molar-refractivity contribution >= 4 is 11.6 Å². The molecule has 0 saturated carbocycles. The van der Waals surface area contributed by atoms with Crippen LogP contribution in [0, 0.1) is 5.82 Å². The molecule has 1 atom stereocenters. The fourth-order valence-electron chi connectivity index (χ4n) is 1.74. The largest absolute Gasteiger partial charge is 0.399 e. The highest BCUT2D eigenvalue weighted by molar-refractivity contribution is 5.76. The lowest BCUT2D eigenvalue weighted by atomic mass is 10.1. The number of amides is 1. The van der Waals surface area contributed by atoms with E-state index in [0.717, 1.165) is 11.3 Å². The summed E-state index contributed by atoms with van der Waals surface area (Å²) in [4.78, 5) is 11.2.